The van der Waals surface area contributed by atoms with Crippen molar-refractivity contribution in [2.75, 3.05) is 13.1 Å². The van der Waals surface area contributed by atoms with Gasteiger partial charge in [-0.25, -0.2) is 9.78 Å². The SMILES string of the molecule is CCC1(OC(=O)CCNC(=O)C(N)CCCCN)C(=O)OCc2c1cc1n(c2=O)Cc2cc3c([N+](=O)[O-])c4c(cc3nc2-1)OC(F)(F)O4. The number of fused-ring (bicyclic) bond motifs is 6. The molecule has 0 spiro atoms. The molecule has 2 aromatic heterocycles. The Morgan fingerprint density at radius 3 is 2.71 bits per heavy atom. The highest BCUT2D eigenvalue weighted by Crippen LogP contribution is 2.51. The fourth-order valence-electron chi connectivity index (χ4n) is 6.15. The number of ether oxygens (including phenoxy) is 4. The van der Waals surface area contributed by atoms with Crippen LogP contribution in [0, 0.1) is 10.1 Å². The largest absolute Gasteiger partial charge is 0.586 e. The van der Waals surface area contributed by atoms with Gasteiger partial charge in [0.1, 0.15) is 6.61 Å². The Labute approximate surface area is 269 Å². The van der Waals surface area contributed by atoms with Gasteiger partial charge in [-0.2, -0.15) is 0 Å². The minimum Gasteiger partial charge on any atom is -0.457 e. The molecule has 0 fully saturated rings. The number of esters is 2. The van der Waals surface area contributed by atoms with Gasteiger partial charge in [-0.1, -0.05) is 13.3 Å². The van der Waals surface area contributed by atoms with Crippen molar-refractivity contribution in [3.63, 3.8) is 0 Å². The first-order valence-corrected chi connectivity index (χ1v) is 15.1. The minimum absolute atomic E-state index is 0.0519. The van der Waals surface area contributed by atoms with E-state index in [-0.39, 0.29) is 59.3 Å². The number of rotatable bonds is 11. The van der Waals surface area contributed by atoms with Crippen LogP contribution in [0.2, 0.25) is 0 Å². The van der Waals surface area contributed by atoms with Crippen molar-refractivity contribution in [2.45, 2.75) is 70.1 Å². The number of carbonyl (C=O) groups is 3. The lowest BCUT2D eigenvalue weighted by molar-refractivity contribution is -0.385. The molecule has 18 heteroatoms. The molecule has 16 nitrogen and oxygen atoms in total. The first kappa shape index (κ1) is 32.7. The quantitative estimate of drug-likeness (QED) is 0.0895. The second-order valence-corrected chi connectivity index (χ2v) is 11.5. The van der Waals surface area contributed by atoms with Crippen LogP contribution in [-0.4, -0.2) is 57.7 Å². The highest BCUT2D eigenvalue weighted by Gasteiger charge is 2.51. The monoisotopic (exact) mass is 672 g/mol. The van der Waals surface area contributed by atoms with E-state index < -0.39 is 70.1 Å². The van der Waals surface area contributed by atoms with Gasteiger partial charge in [0.05, 0.1) is 51.8 Å². The minimum atomic E-state index is -4.12. The maximum absolute atomic E-state index is 13.9. The molecule has 48 heavy (non-hydrogen) atoms. The van der Waals surface area contributed by atoms with Crippen molar-refractivity contribution in [3.05, 3.63) is 55.4 Å². The number of alkyl halides is 2. The summed E-state index contributed by atoms with van der Waals surface area (Å²) in [6.07, 6.45) is -2.76. The number of cyclic esters (lactones) is 1. The predicted molar refractivity (Wildman–Crippen MR) is 160 cm³/mol. The summed E-state index contributed by atoms with van der Waals surface area (Å²) in [5.41, 5.74) is 8.72. The van der Waals surface area contributed by atoms with E-state index in [0.717, 1.165) is 6.07 Å². The van der Waals surface area contributed by atoms with E-state index in [4.69, 9.17) is 20.9 Å². The zero-order valence-corrected chi connectivity index (χ0v) is 25.5. The number of hydrogen-bond acceptors (Lipinski definition) is 13. The Morgan fingerprint density at radius 1 is 1.23 bits per heavy atom. The van der Waals surface area contributed by atoms with Crippen molar-refractivity contribution < 1.29 is 47.0 Å². The number of unbranched alkanes of at least 4 members (excludes halogenated alkanes) is 1. The van der Waals surface area contributed by atoms with Gasteiger partial charge in [-0.3, -0.25) is 24.5 Å². The number of nitro benzene ring substituents is 1. The summed E-state index contributed by atoms with van der Waals surface area (Å²) in [4.78, 5) is 67.9. The average Bonchev–Trinajstić information content (AvgIpc) is 3.54. The van der Waals surface area contributed by atoms with Gasteiger partial charge in [0.15, 0.2) is 5.75 Å². The van der Waals surface area contributed by atoms with Crippen LogP contribution < -0.4 is 31.8 Å². The highest BCUT2D eigenvalue weighted by atomic mass is 19.3. The maximum Gasteiger partial charge on any atom is 0.586 e. The molecule has 254 valence electrons. The molecule has 0 saturated carbocycles. The molecule has 3 aliphatic rings. The number of nitrogens with one attached hydrogen (secondary N) is 1. The molecule has 2 atom stereocenters. The summed E-state index contributed by atoms with van der Waals surface area (Å²) in [5.74, 6) is -3.56. The third-order valence-electron chi connectivity index (χ3n) is 8.53. The number of carbonyl (C=O) groups excluding carboxylic acids is 3. The summed E-state index contributed by atoms with van der Waals surface area (Å²) < 4.78 is 48.9. The third-order valence-corrected chi connectivity index (χ3v) is 8.53. The number of nitrogens with zero attached hydrogens (tertiary/aromatic N) is 3. The Balaban J connectivity index is 1.32. The number of nitro groups is 1. The van der Waals surface area contributed by atoms with Crippen molar-refractivity contribution >= 4 is 34.4 Å². The van der Waals surface area contributed by atoms with E-state index >= 15 is 0 Å². The summed E-state index contributed by atoms with van der Waals surface area (Å²) in [6.45, 7) is 1.41. The first-order valence-electron chi connectivity index (χ1n) is 15.1. The predicted octanol–water partition coefficient (Wildman–Crippen LogP) is 1.82. The molecule has 5 heterocycles. The van der Waals surface area contributed by atoms with E-state index in [9.17, 15) is 38.1 Å². The van der Waals surface area contributed by atoms with Crippen LogP contribution in [0.25, 0.3) is 22.3 Å². The molecule has 5 N–H and O–H groups in total. The van der Waals surface area contributed by atoms with Gasteiger partial charge in [-0.05, 0) is 37.9 Å². The van der Waals surface area contributed by atoms with Crippen LogP contribution in [0.15, 0.2) is 23.0 Å². The van der Waals surface area contributed by atoms with E-state index in [1.165, 1.54) is 16.7 Å². The van der Waals surface area contributed by atoms with Crippen molar-refractivity contribution in [2.24, 2.45) is 11.5 Å². The molecule has 0 bridgehead atoms. The Bertz CT molecular complexity index is 1950. The lowest BCUT2D eigenvalue weighted by Gasteiger charge is -2.35. The van der Waals surface area contributed by atoms with E-state index in [1.54, 1.807) is 6.92 Å². The first-order chi connectivity index (χ1) is 22.8. The van der Waals surface area contributed by atoms with Crippen molar-refractivity contribution in [1.29, 1.82) is 0 Å². The molecule has 1 aromatic carbocycles. The number of halogens is 2. The number of amides is 1. The Morgan fingerprint density at radius 2 is 2.00 bits per heavy atom. The fraction of sp³-hybridized carbons (Fsp3) is 0.433. The lowest BCUT2D eigenvalue weighted by Crippen LogP contribution is -2.48. The van der Waals surface area contributed by atoms with Gasteiger partial charge in [0, 0.05) is 23.7 Å². The van der Waals surface area contributed by atoms with Crippen LogP contribution in [0.1, 0.15) is 55.7 Å². The fourth-order valence-corrected chi connectivity index (χ4v) is 6.15. The maximum atomic E-state index is 13.9. The highest BCUT2D eigenvalue weighted by molar-refractivity contribution is 5.96. The molecular weight excluding hydrogens is 642 g/mol. The van der Waals surface area contributed by atoms with Crippen LogP contribution in [0.5, 0.6) is 11.5 Å². The summed E-state index contributed by atoms with van der Waals surface area (Å²) in [6, 6.07) is 3.11. The third kappa shape index (κ3) is 5.45. The number of nitrogens with two attached hydrogens (primary N) is 2. The topological polar surface area (TPSA) is 230 Å². The zero-order valence-electron chi connectivity index (χ0n) is 25.5. The van der Waals surface area contributed by atoms with Crippen LogP contribution in [0.4, 0.5) is 14.5 Å². The summed E-state index contributed by atoms with van der Waals surface area (Å²) in [7, 11) is 0. The Hall–Kier alpha value is -5.23. The van der Waals surface area contributed by atoms with Crippen molar-refractivity contribution in [3.8, 4) is 22.9 Å². The second-order valence-electron chi connectivity index (χ2n) is 11.5. The average molecular weight is 673 g/mol. The standard InChI is InChI=1S/C30H30F2N6O10/c1-2-29(47-22(39)6-8-35-26(40)18(34)5-3-4-7-33)17-10-20-23-14(12-37(20)27(41)16(17)13-45-28(29)42)9-15-19(36-23)11-21-25(24(15)38(43)44)48-30(31,32)46-21/h9-11,18H,2-8,12-13,33-34H2,1H3,(H,35,40). The molecule has 1 amide bonds. The molecule has 0 radical (unpaired) electrons. The van der Waals surface area contributed by atoms with E-state index in [1.807, 2.05) is 0 Å². The van der Waals surface area contributed by atoms with Gasteiger partial charge >= 0.3 is 23.9 Å². The molecule has 3 aliphatic heterocycles. The van der Waals surface area contributed by atoms with Crippen LogP contribution in [-0.2, 0) is 42.6 Å². The summed E-state index contributed by atoms with van der Waals surface area (Å²) >= 11 is 0. The number of pyridine rings is 2. The zero-order chi connectivity index (χ0) is 34.5. The second kappa shape index (κ2) is 12.1. The smallest absolute Gasteiger partial charge is 0.457 e. The van der Waals surface area contributed by atoms with Gasteiger partial charge in [0.25, 0.3) is 11.3 Å². The van der Waals surface area contributed by atoms with E-state index in [0.29, 0.717) is 31.4 Å². The lowest BCUT2D eigenvalue weighted by atomic mass is 9.85. The van der Waals surface area contributed by atoms with Gasteiger partial charge in [-0.15, -0.1) is 8.78 Å². The molecular formula is C30H30F2N6O10. The number of benzene rings is 1. The van der Waals surface area contributed by atoms with Crippen LogP contribution in [0.3, 0.4) is 0 Å². The number of aromatic nitrogens is 2. The normalized spacial score (nSPS) is 18.8. The Kier molecular flexibility index (Phi) is 8.24. The van der Waals surface area contributed by atoms with Gasteiger partial charge < -0.3 is 40.3 Å². The molecule has 0 aliphatic carbocycles. The molecule has 2 unspecified atom stereocenters. The van der Waals surface area contributed by atoms with Crippen molar-refractivity contribution in [1.82, 2.24) is 14.9 Å². The van der Waals surface area contributed by atoms with E-state index in [2.05, 4.69) is 19.8 Å². The molecule has 6 rings (SSSR count). The number of hydrogen-bond donors (Lipinski definition) is 3. The molecule has 3 aromatic rings. The molecule has 0 saturated heterocycles. The van der Waals surface area contributed by atoms with Gasteiger partial charge in [0.2, 0.25) is 11.5 Å². The van der Waals surface area contributed by atoms with Crippen LogP contribution >= 0.6 is 0 Å². The summed E-state index contributed by atoms with van der Waals surface area (Å²) in [5, 5.41) is 14.4.